The SMILES string of the molecule is C1=CC(c2cccc(-c3ccccn3)n2)=NC=I1. The third-order valence-electron chi connectivity index (χ3n) is 2.48. The van der Waals surface area contributed by atoms with Crippen molar-refractivity contribution in [2.75, 3.05) is 0 Å². The number of nitrogens with zero attached hydrogens (tertiary/aromatic N) is 3. The Hall–Kier alpha value is -1.69. The summed E-state index contributed by atoms with van der Waals surface area (Å²) in [4.78, 5) is 13.3. The van der Waals surface area contributed by atoms with E-state index in [-0.39, 0.29) is 20.7 Å². The van der Waals surface area contributed by atoms with Crippen LogP contribution < -0.4 is 0 Å². The van der Waals surface area contributed by atoms with E-state index in [0.29, 0.717) is 0 Å². The number of hydrogen-bond donors (Lipinski definition) is 0. The maximum absolute atomic E-state index is 4.61. The smallest absolute Gasteiger partial charge is 0.0896 e. The molecule has 4 heteroatoms. The van der Waals surface area contributed by atoms with Gasteiger partial charge < -0.3 is 0 Å². The molecule has 0 amide bonds. The third-order valence-corrected chi connectivity index (χ3v) is 3.85. The molecule has 3 heterocycles. The topological polar surface area (TPSA) is 38.1 Å². The summed E-state index contributed by atoms with van der Waals surface area (Å²) in [5.41, 5.74) is 3.59. The molecule has 88 valence electrons. The summed E-state index contributed by atoms with van der Waals surface area (Å²) in [5.74, 6) is 0. The largest absolute Gasteiger partial charge is 0.255 e. The molecule has 0 spiro atoms. The van der Waals surface area contributed by atoms with Crippen molar-refractivity contribution in [3.05, 3.63) is 58.4 Å². The van der Waals surface area contributed by atoms with Crippen molar-refractivity contribution >= 4 is 30.6 Å². The first-order chi connectivity index (χ1) is 8.93. The Morgan fingerprint density at radius 1 is 0.889 bits per heavy atom. The molecule has 0 fully saturated rings. The van der Waals surface area contributed by atoms with Crippen LogP contribution in [0.3, 0.4) is 0 Å². The van der Waals surface area contributed by atoms with Gasteiger partial charge in [0.25, 0.3) is 0 Å². The Morgan fingerprint density at radius 3 is 2.56 bits per heavy atom. The zero-order valence-corrected chi connectivity index (χ0v) is 11.7. The van der Waals surface area contributed by atoms with Gasteiger partial charge >= 0.3 is 0 Å². The van der Waals surface area contributed by atoms with Gasteiger partial charge in [0.05, 0.1) is 26.9 Å². The standard InChI is InChI=1S/C14H10IN3/c1-2-9-16-11(4-1)13-5-3-6-14(18-13)12-7-8-15-10-17-12/h1-10H. The molecule has 2 aromatic rings. The molecule has 0 unspecified atom stereocenters. The molecule has 0 saturated carbocycles. The first-order valence-electron chi connectivity index (χ1n) is 5.50. The molecule has 0 saturated heterocycles. The first kappa shape index (κ1) is 11.4. The normalized spacial score (nSPS) is 13.9. The lowest BCUT2D eigenvalue weighted by Gasteiger charge is -2.04. The second-order valence-electron chi connectivity index (χ2n) is 3.65. The van der Waals surface area contributed by atoms with Gasteiger partial charge in [-0.2, -0.15) is 0 Å². The quantitative estimate of drug-likeness (QED) is 0.783. The lowest BCUT2D eigenvalue weighted by molar-refractivity contribution is 1.23. The Bertz CT molecular complexity index is 645. The van der Waals surface area contributed by atoms with Crippen LogP contribution in [0.15, 0.2) is 57.7 Å². The lowest BCUT2D eigenvalue weighted by Crippen LogP contribution is -2.02. The van der Waals surface area contributed by atoms with Crippen molar-refractivity contribution in [1.82, 2.24) is 9.97 Å². The van der Waals surface area contributed by atoms with E-state index in [1.165, 1.54) is 0 Å². The predicted octanol–water partition coefficient (Wildman–Crippen LogP) is 3.19. The zero-order chi connectivity index (χ0) is 12.2. The lowest BCUT2D eigenvalue weighted by atomic mass is 10.2. The second-order valence-corrected chi connectivity index (χ2v) is 5.65. The molecule has 0 aromatic carbocycles. The minimum Gasteiger partial charge on any atom is -0.255 e. The van der Waals surface area contributed by atoms with Gasteiger partial charge in [-0.3, -0.25) is 4.98 Å². The van der Waals surface area contributed by atoms with Gasteiger partial charge in [0.15, 0.2) is 0 Å². The molecule has 0 atom stereocenters. The van der Waals surface area contributed by atoms with E-state index in [4.69, 9.17) is 0 Å². The predicted molar refractivity (Wildman–Crippen MR) is 83.2 cm³/mol. The molecular formula is C14H10IN3. The van der Waals surface area contributed by atoms with Gasteiger partial charge in [0, 0.05) is 6.20 Å². The number of aromatic nitrogens is 2. The first-order valence-corrected chi connectivity index (χ1v) is 7.99. The Balaban J connectivity index is 2.02. The summed E-state index contributed by atoms with van der Waals surface area (Å²) < 4.78 is 4.19. The van der Waals surface area contributed by atoms with Gasteiger partial charge in [-0.05, 0) is 34.4 Å². The van der Waals surface area contributed by atoms with Crippen LogP contribution in [0, 0.1) is 0 Å². The van der Waals surface area contributed by atoms with Gasteiger partial charge in [0.2, 0.25) is 0 Å². The van der Waals surface area contributed by atoms with E-state index >= 15 is 0 Å². The van der Waals surface area contributed by atoms with Crippen LogP contribution in [0.1, 0.15) is 5.69 Å². The van der Waals surface area contributed by atoms with Crippen molar-refractivity contribution in [3.8, 4) is 11.4 Å². The highest BCUT2D eigenvalue weighted by molar-refractivity contribution is 14.2. The van der Waals surface area contributed by atoms with Crippen molar-refractivity contribution < 1.29 is 0 Å². The van der Waals surface area contributed by atoms with Crippen LogP contribution in [0.4, 0.5) is 0 Å². The van der Waals surface area contributed by atoms with Gasteiger partial charge in [0.1, 0.15) is 0 Å². The van der Waals surface area contributed by atoms with Crippen molar-refractivity contribution in [2.24, 2.45) is 4.99 Å². The average molecular weight is 347 g/mol. The van der Waals surface area contributed by atoms with Gasteiger partial charge in [-0.25, -0.2) is 9.98 Å². The van der Waals surface area contributed by atoms with E-state index in [0.717, 1.165) is 22.8 Å². The zero-order valence-electron chi connectivity index (χ0n) is 9.49. The van der Waals surface area contributed by atoms with Crippen LogP contribution >= 0.6 is 20.7 Å². The fourth-order valence-electron chi connectivity index (χ4n) is 1.64. The Morgan fingerprint density at radius 2 is 1.78 bits per heavy atom. The van der Waals surface area contributed by atoms with Gasteiger partial charge in [-0.15, -0.1) is 0 Å². The van der Waals surface area contributed by atoms with Crippen LogP contribution in [0.25, 0.3) is 11.4 Å². The number of hydrogen-bond acceptors (Lipinski definition) is 3. The summed E-state index contributed by atoms with van der Waals surface area (Å²) in [6.07, 6.45) is 3.83. The minimum atomic E-state index is 0.00996. The molecule has 2 aromatic heterocycles. The van der Waals surface area contributed by atoms with Gasteiger partial charge in [-0.1, -0.05) is 32.9 Å². The van der Waals surface area contributed by atoms with E-state index < -0.39 is 0 Å². The maximum atomic E-state index is 4.61. The summed E-state index contributed by atoms with van der Waals surface area (Å²) in [6.45, 7) is 0. The molecule has 1 aliphatic rings. The minimum absolute atomic E-state index is 0.00996. The summed E-state index contributed by atoms with van der Waals surface area (Å²) in [6, 6.07) is 11.8. The second kappa shape index (κ2) is 5.30. The number of allylic oxidation sites excluding steroid dienone is 1. The van der Waals surface area contributed by atoms with Crippen LogP contribution in [-0.2, 0) is 0 Å². The van der Waals surface area contributed by atoms with Crippen LogP contribution in [0.2, 0.25) is 0 Å². The third kappa shape index (κ3) is 2.43. The molecule has 18 heavy (non-hydrogen) atoms. The molecule has 0 bridgehead atoms. The number of aliphatic imine (C=N–C) groups is 1. The molecule has 0 N–H and O–H groups in total. The van der Waals surface area contributed by atoms with E-state index in [2.05, 4.69) is 25.1 Å². The maximum Gasteiger partial charge on any atom is 0.0896 e. The highest BCUT2D eigenvalue weighted by Crippen LogP contribution is 2.15. The van der Waals surface area contributed by atoms with Crippen molar-refractivity contribution in [1.29, 1.82) is 0 Å². The highest BCUT2D eigenvalue weighted by Gasteiger charge is 2.05. The molecule has 3 nitrogen and oxygen atoms in total. The number of halogens is 1. The van der Waals surface area contributed by atoms with Crippen molar-refractivity contribution in [3.63, 3.8) is 0 Å². The molecule has 1 aliphatic heterocycles. The van der Waals surface area contributed by atoms with Crippen molar-refractivity contribution in [2.45, 2.75) is 0 Å². The molecular weight excluding hydrogens is 337 g/mol. The average Bonchev–Trinajstić information content (AvgIpc) is 2.49. The fraction of sp³-hybridized carbons (Fsp3) is 0. The fourth-order valence-corrected chi connectivity index (χ4v) is 2.83. The van der Waals surface area contributed by atoms with Crippen LogP contribution in [-0.4, -0.2) is 19.8 Å². The highest BCUT2D eigenvalue weighted by atomic mass is 127. The van der Waals surface area contributed by atoms with E-state index in [9.17, 15) is 0 Å². The summed E-state index contributed by atoms with van der Waals surface area (Å²) in [5, 5.41) is 0. The molecule has 0 aliphatic carbocycles. The van der Waals surface area contributed by atoms with E-state index in [1.807, 2.05) is 40.5 Å². The number of pyridine rings is 2. The summed E-state index contributed by atoms with van der Waals surface area (Å²) in [7, 11) is 0. The molecule has 0 radical (unpaired) electrons. The van der Waals surface area contributed by atoms with Crippen LogP contribution in [0.5, 0.6) is 0 Å². The number of rotatable bonds is 2. The summed E-state index contributed by atoms with van der Waals surface area (Å²) >= 11 is 0.00996. The Labute approximate surface area is 115 Å². The monoisotopic (exact) mass is 347 g/mol. The Kier molecular flexibility index (Phi) is 3.36. The van der Waals surface area contributed by atoms with E-state index in [1.54, 1.807) is 6.20 Å². The molecule has 3 rings (SSSR count).